The first-order valence-corrected chi connectivity index (χ1v) is 6.05. The maximum Gasteiger partial charge on any atom is 0.0634 e. The van der Waals surface area contributed by atoms with Crippen molar-refractivity contribution in [2.45, 2.75) is 44.0 Å². The standard InChI is InChI=1S/C13H17NO2/c15-12(7-9-3-5-14-6-4-9)11-8-10-1-2-13(11)16-10/h3-6,10-13,15H,1-2,7-8H2. The van der Waals surface area contributed by atoms with Crippen LogP contribution in [0, 0.1) is 5.92 Å². The van der Waals surface area contributed by atoms with Crippen LogP contribution in [0.15, 0.2) is 24.5 Å². The van der Waals surface area contributed by atoms with Crippen LogP contribution in [-0.2, 0) is 11.2 Å². The molecule has 3 nitrogen and oxygen atoms in total. The van der Waals surface area contributed by atoms with Crippen LogP contribution in [0.4, 0.5) is 0 Å². The van der Waals surface area contributed by atoms with Gasteiger partial charge in [0.2, 0.25) is 0 Å². The normalized spacial score (nSPS) is 34.2. The molecule has 3 heteroatoms. The summed E-state index contributed by atoms with van der Waals surface area (Å²) in [6, 6.07) is 3.94. The minimum absolute atomic E-state index is 0.266. The average molecular weight is 219 g/mol. The highest BCUT2D eigenvalue weighted by Crippen LogP contribution is 2.40. The Bertz CT molecular complexity index is 354. The van der Waals surface area contributed by atoms with Gasteiger partial charge < -0.3 is 9.84 Å². The topological polar surface area (TPSA) is 42.4 Å². The van der Waals surface area contributed by atoms with Gasteiger partial charge in [0.1, 0.15) is 0 Å². The van der Waals surface area contributed by atoms with Crippen LogP contribution in [0.1, 0.15) is 24.8 Å². The fourth-order valence-corrected chi connectivity index (χ4v) is 2.99. The zero-order chi connectivity index (χ0) is 11.0. The van der Waals surface area contributed by atoms with Crippen molar-refractivity contribution in [1.29, 1.82) is 0 Å². The molecule has 0 aliphatic carbocycles. The third kappa shape index (κ3) is 1.85. The Balaban J connectivity index is 1.64. The molecule has 1 aromatic heterocycles. The van der Waals surface area contributed by atoms with Gasteiger partial charge in [-0.2, -0.15) is 0 Å². The average Bonchev–Trinajstić information content (AvgIpc) is 2.92. The Hall–Kier alpha value is -0.930. The van der Waals surface area contributed by atoms with Gasteiger partial charge in [0, 0.05) is 18.3 Å². The molecule has 1 N–H and O–H groups in total. The fraction of sp³-hybridized carbons (Fsp3) is 0.615. The summed E-state index contributed by atoms with van der Waals surface area (Å²) in [5.41, 5.74) is 1.16. The minimum Gasteiger partial charge on any atom is -0.392 e. The Morgan fingerprint density at radius 2 is 2.19 bits per heavy atom. The number of ether oxygens (including phenoxy) is 1. The van der Waals surface area contributed by atoms with Crippen LogP contribution in [0.25, 0.3) is 0 Å². The van der Waals surface area contributed by atoms with Crippen molar-refractivity contribution in [3.63, 3.8) is 0 Å². The monoisotopic (exact) mass is 219 g/mol. The van der Waals surface area contributed by atoms with Gasteiger partial charge in [-0.3, -0.25) is 4.98 Å². The van der Waals surface area contributed by atoms with E-state index >= 15 is 0 Å². The lowest BCUT2D eigenvalue weighted by Crippen LogP contribution is -2.30. The van der Waals surface area contributed by atoms with Crippen LogP contribution in [-0.4, -0.2) is 28.4 Å². The second-order valence-corrected chi connectivity index (χ2v) is 4.90. The molecule has 3 heterocycles. The summed E-state index contributed by atoms with van der Waals surface area (Å²) in [5, 5.41) is 10.2. The largest absolute Gasteiger partial charge is 0.392 e. The zero-order valence-corrected chi connectivity index (χ0v) is 9.25. The molecule has 0 aromatic carbocycles. The number of hydrogen-bond acceptors (Lipinski definition) is 3. The van der Waals surface area contributed by atoms with E-state index in [4.69, 9.17) is 4.74 Å². The molecule has 86 valence electrons. The first kappa shape index (κ1) is 10.2. The van der Waals surface area contributed by atoms with Crippen LogP contribution in [0.2, 0.25) is 0 Å². The third-order valence-corrected chi connectivity index (χ3v) is 3.84. The second-order valence-electron chi connectivity index (χ2n) is 4.90. The van der Waals surface area contributed by atoms with Crippen molar-refractivity contribution >= 4 is 0 Å². The number of rotatable bonds is 3. The van der Waals surface area contributed by atoms with Gasteiger partial charge in [0.15, 0.2) is 0 Å². The zero-order valence-electron chi connectivity index (χ0n) is 9.25. The molecular weight excluding hydrogens is 202 g/mol. The molecule has 0 saturated carbocycles. The summed E-state index contributed by atoms with van der Waals surface area (Å²) >= 11 is 0. The predicted octanol–water partition coefficient (Wildman–Crippen LogP) is 1.55. The summed E-state index contributed by atoms with van der Waals surface area (Å²) in [6.07, 6.45) is 8.09. The Kier molecular flexibility index (Phi) is 2.65. The molecule has 0 amide bonds. The summed E-state index contributed by atoms with van der Waals surface area (Å²) in [5.74, 6) is 0.340. The lowest BCUT2D eigenvalue weighted by atomic mass is 9.83. The molecule has 16 heavy (non-hydrogen) atoms. The number of pyridine rings is 1. The highest BCUT2D eigenvalue weighted by atomic mass is 16.5. The number of aromatic nitrogens is 1. The Labute approximate surface area is 95.5 Å². The molecule has 3 rings (SSSR count). The molecule has 4 atom stereocenters. The predicted molar refractivity (Wildman–Crippen MR) is 59.9 cm³/mol. The maximum absolute atomic E-state index is 10.2. The molecule has 0 radical (unpaired) electrons. The number of hydrogen-bond donors (Lipinski definition) is 1. The van der Waals surface area contributed by atoms with Crippen molar-refractivity contribution in [1.82, 2.24) is 4.98 Å². The molecule has 1 aromatic rings. The first-order chi connectivity index (χ1) is 7.83. The van der Waals surface area contributed by atoms with Crippen LogP contribution in [0.3, 0.4) is 0 Å². The SMILES string of the molecule is OC(Cc1ccncc1)C1CC2CCC1O2. The summed E-state index contributed by atoms with van der Waals surface area (Å²) in [6.45, 7) is 0. The summed E-state index contributed by atoms with van der Waals surface area (Å²) in [4.78, 5) is 3.98. The molecule has 2 bridgehead atoms. The van der Waals surface area contributed by atoms with Crippen molar-refractivity contribution in [3.05, 3.63) is 30.1 Å². The third-order valence-electron chi connectivity index (χ3n) is 3.84. The van der Waals surface area contributed by atoms with Crippen LogP contribution >= 0.6 is 0 Å². The molecule has 2 fully saturated rings. The van der Waals surface area contributed by atoms with E-state index in [-0.39, 0.29) is 6.10 Å². The van der Waals surface area contributed by atoms with Crippen LogP contribution < -0.4 is 0 Å². The molecular formula is C13H17NO2. The van der Waals surface area contributed by atoms with E-state index in [1.165, 1.54) is 6.42 Å². The molecule has 0 spiro atoms. The van der Waals surface area contributed by atoms with Crippen molar-refractivity contribution in [2.24, 2.45) is 5.92 Å². The van der Waals surface area contributed by atoms with E-state index in [9.17, 15) is 5.11 Å². The first-order valence-electron chi connectivity index (χ1n) is 6.05. The van der Waals surface area contributed by atoms with E-state index in [2.05, 4.69) is 4.98 Å². The van der Waals surface area contributed by atoms with Gasteiger partial charge >= 0.3 is 0 Å². The minimum atomic E-state index is -0.266. The van der Waals surface area contributed by atoms with Gasteiger partial charge in [-0.05, 0) is 43.4 Å². The van der Waals surface area contributed by atoms with Gasteiger partial charge in [0.05, 0.1) is 18.3 Å². The van der Waals surface area contributed by atoms with Crippen molar-refractivity contribution < 1.29 is 9.84 Å². The number of aliphatic hydroxyl groups excluding tert-OH is 1. The Morgan fingerprint density at radius 1 is 1.38 bits per heavy atom. The summed E-state index contributed by atoms with van der Waals surface area (Å²) < 4.78 is 5.77. The maximum atomic E-state index is 10.2. The smallest absolute Gasteiger partial charge is 0.0634 e. The van der Waals surface area contributed by atoms with Gasteiger partial charge in [-0.15, -0.1) is 0 Å². The molecule has 2 saturated heterocycles. The van der Waals surface area contributed by atoms with E-state index in [1.54, 1.807) is 12.4 Å². The van der Waals surface area contributed by atoms with Gasteiger partial charge in [0.25, 0.3) is 0 Å². The van der Waals surface area contributed by atoms with E-state index in [0.717, 1.165) is 24.8 Å². The molecule has 4 unspecified atom stereocenters. The second kappa shape index (κ2) is 4.15. The fourth-order valence-electron chi connectivity index (χ4n) is 2.99. The summed E-state index contributed by atoms with van der Waals surface area (Å²) in [7, 11) is 0. The number of nitrogens with zero attached hydrogens (tertiary/aromatic N) is 1. The van der Waals surface area contributed by atoms with Crippen molar-refractivity contribution in [2.75, 3.05) is 0 Å². The van der Waals surface area contributed by atoms with E-state index in [1.807, 2.05) is 12.1 Å². The quantitative estimate of drug-likeness (QED) is 0.838. The molecule has 2 aliphatic rings. The highest BCUT2D eigenvalue weighted by molar-refractivity contribution is 5.11. The van der Waals surface area contributed by atoms with Crippen LogP contribution in [0.5, 0.6) is 0 Å². The van der Waals surface area contributed by atoms with Crippen molar-refractivity contribution in [3.8, 4) is 0 Å². The van der Waals surface area contributed by atoms with E-state index in [0.29, 0.717) is 18.1 Å². The van der Waals surface area contributed by atoms with E-state index < -0.39 is 0 Å². The van der Waals surface area contributed by atoms with Gasteiger partial charge in [-0.25, -0.2) is 0 Å². The number of aliphatic hydroxyl groups is 1. The lowest BCUT2D eigenvalue weighted by Gasteiger charge is -2.24. The Morgan fingerprint density at radius 3 is 2.81 bits per heavy atom. The lowest BCUT2D eigenvalue weighted by molar-refractivity contribution is 0.0432. The van der Waals surface area contributed by atoms with Gasteiger partial charge in [-0.1, -0.05) is 0 Å². The highest BCUT2D eigenvalue weighted by Gasteiger charge is 2.43. The number of fused-ring (bicyclic) bond motifs is 2. The molecule has 2 aliphatic heterocycles.